The lowest BCUT2D eigenvalue weighted by atomic mass is 10.0. The number of nitrogens with one attached hydrogen (secondary N) is 1. The van der Waals surface area contributed by atoms with Crippen molar-refractivity contribution in [3.05, 3.63) is 102 Å². The summed E-state index contributed by atoms with van der Waals surface area (Å²) in [6, 6.07) is 19.7. The minimum atomic E-state index is -3.84. The van der Waals surface area contributed by atoms with Gasteiger partial charge in [0.1, 0.15) is 17.7 Å². The zero-order valence-electron chi connectivity index (χ0n) is 23.6. The molecule has 0 fully saturated rings. The molecule has 0 aromatic heterocycles. The highest BCUT2D eigenvalue weighted by atomic mass is 32.2. The summed E-state index contributed by atoms with van der Waals surface area (Å²) in [6.07, 6.45) is 1.77. The Bertz CT molecular complexity index is 1420. The van der Waals surface area contributed by atoms with Crippen LogP contribution in [0, 0.1) is 11.6 Å². The summed E-state index contributed by atoms with van der Waals surface area (Å²) in [6.45, 7) is 3.49. The fraction of sp³-hybridized carbons (Fsp3) is 0.355. The molecular weight excluding hydrogens is 548 g/mol. The second-order valence-electron chi connectivity index (χ2n) is 10.0. The van der Waals surface area contributed by atoms with E-state index < -0.39 is 33.6 Å². The van der Waals surface area contributed by atoms with E-state index in [9.17, 15) is 26.8 Å². The van der Waals surface area contributed by atoms with Crippen molar-refractivity contribution in [2.45, 2.75) is 58.2 Å². The van der Waals surface area contributed by atoms with E-state index in [1.165, 1.54) is 35.2 Å². The predicted octanol–water partition coefficient (Wildman–Crippen LogP) is 5.07. The van der Waals surface area contributed by atoms with Crippen LogP contribution in [0.2, 0.25) is 0 Å². The van der Waals surface area contributed by atoms with E-state index in [1.54, 1.807) is 18.2 Å². The fourth-order valence-corrected chi connectivity index (χ4v) is 5.41. The molecule has 41 heavy (non-hydrogen) atoms. The first kappa shape index (κ1) is 31.7. The van der Waals surface area contributed by atoms with Gasteiger partial charge in [0.25, 0.3) is 0 Å². The van der Waals surface area contributed by atoms with E-state index in [2.05, 4.69) is 5.32 Å². The van der Waals surface area contributed by atoms with Crippen LogP contribution in [0.3, 0.4) is 0 Å². The first-order valence-electron chi connectivity index (χ1n) is 13.6. The van der Waals surface area contributed by atoms with Crippen molar-refractivity contribution in [1.82, 2.24) is 10.2 Å². The van der Waals surface area contributed by atoms with Crippen LogP contribution in [0.25, 0.3) is 0 Å². The Morgan fingerprint density at radius 1 is 0.902 bits per heavy atom. The molecule has 0 saturated carbocycles. The van der Waals surface area contributed by atoms with Crippen molar-refractivity contribution in [2.24, 2.45) is 0 Å². The summed E-state index contributed by atoms with van der Waals surface area (Å²) in [7, 11) is -3.84. The molecule has 2 atom stereocenters. The molecule has 0 aliphatic carbocycles. The number of anilines is 1. The lowest BCUT2D eigenvalue weighted by Crippen LogP contribution is -2.52. The van der Waals surface area contributed by atoms with Crippen LogP contribution in [-0.2, 0) is 32.6 Å². The van der Waals surface area contributed by atoms with Gasteiger partial charge in [-0.2, -0.15) is 0 Å². The summed E-state index contributed by atoms with van der Waals surface area (Å²) in [4.78, 5) is 28.7. The molecule has 3 aromatic carbocycles. The molecule has 0 aliphatic rings. The zero-order chi connectivity index (χ0) is 30.0. The van der Waals surface area contributed by atoms with Gasteiger partial charge in [0, 0.05) is 37.5 Å². The number of benzene rings is 3. The maximum Gasteiger partial charge on any atom is 0.243 e. The van der Waals surface area contributed by atoms with Gasteiger partial charge in [0.05, 0.1) is 11.9 Å². The van der Waals surface area contributed by atoms with Gasteiger partial charge in [-0.25, -0.2) is 17.2 Å². The lowest BCUT2D eigenvalue weighted by Gasteiger charge is -2.33. The van der Waals surface area contributed by atoms with Crippen molar-refractivity contribution in [3.63, 3.8) is 0 Å². The number of carbonyl (C=O) groups excluding carboxylic acids is 2. The molecule has 2 unspecified atom stereocenters. The summed E-state index contributed by atoms with van der Waals surface area (Å²) in [5.74, 6) is -2.02. The number of hydrogen-bond acceptors (Lipinski definition) is 4. The molecule has 2 amide bonds. The fourth-order valence-electron chi connectivity index (χ4n) is 4.44. The van der Waals surface area contributed by atoms with E-state index in [1.807, 2.05) is 44.2 Å². The predicted molar refractivity (Wildman–Crippen MR) is 157 cm³/mol. The monoisotopic (exact) mass is 585 g/mol. The third-order valence-electron chi connectivity index (χ3n) is 6.84. The van der Waals surface area contributed by atoms with Crippen molar-refractivity contribution in [1.29, 1.82) is 0 Å². The third kappa shape index (κ3) is 9.11. The highest BCUT2D eigenvalue weighted by Gasteiger charge is 2.31. The normalized spacial score (nSPS) is 12.8. The molecule has 0 bridgehead atoms. The topological polar surface area (TPSA) is 86.8 Å². The van der Waals surface area contributed by atoms with Crippen molar-refractivity contribution < 1.29 is 26.8 Å². The first-order valence-corrected chi connectivity index (χ1v) is 15.5. The van der Waals surface area contributed by atoms with Gasteiger partial charge in [0.15, 0.2) is 0 Å². The molecule has 0 heterocycles. The highest BCUT2D eigenvalue weighted by molar-refractivity contribution is 7.92. The van der Waals surface area contributed by atoms with Crippen molar-refractivity contribution >= 4 is 27.5 Å². The van der Waals surface area contributed by atoms with Crippen molar-refractivity contribution in [3.8, 4) is 0 Å². The molecule has 7 nitrogen and oxygen atoms in total. The van der Waals surface area contributed by atoms with E-state index in [0.717, 1.165) is 16.1 Å². The Balaban J connectivity index is 1.91. The largest absolute Gasteiger partial charge is 0.352 e. The van der Waals surface area contributed by atoms with Crippen LogP contribution in [-0.4, -0.2) is 50.0 Å². The molecule has 0 aliphatic heterocycles. The number of carbonyl (C=O) groups is 2. The van der Waals surface area contributed by atoms with Crippen molar-refractivity contribution in [2.75, 3.05) is 17.1 Å². The number of hydrogen-bond donors (Lipinski definition) is 1. The summed E-state index contributed by atoms with van der Waals surface area (Å²) < 4.78 is 55.0. The Morgan fingerprint density at radius 2 is 1.51 bits per heavy atom. The number of halogens is 2. The summed E-state index contributed by atoms with van der Waals surface area (Å²) in [5.41, 5.74) is 0.964. The number of sulfonamides is 1. The average Bonchev–Trinajstić information content (AvgIpc) is 2.94. The Kier molecular flexibility index (Phi) is 11.4. The quantitative estimate of drug-likeness (QED) is 0.286. The van der Waals surface area contributed by atoms with E-state index in [-0.39, 0.29) is 55.6 Å². The Hall–Kier alpha value is -3.79. The van der Waals surface area contributed by atoms with Gasteiger partial charge < -0.3 is 10.2 Å². The highest BCUT2D eigenvalue weighted by Crippen LogP contribution is 2.23. The summed E-state index contributed by atoms with van der Waals surface area (Å²) >= 11 is 0. The van der Waals surface area contributed by atoms with Gasteiger partial charge in [-0.15, -0.1) is 0 Å². The average molecular weight is 586 g/mol. The van der Waals surface area contributed by atoms with Crippen LogP contribution < -0.4 is 9.62 Å². The van der Waals surface area contributed by atoms with Gasteiger partial charge >= 0.3 is 0 Å². The number of rotatable bonds is 14. The first-order chi connectivity index (χ1) is 19.5. The molecule has 3 aromatic rings. The van der Waals surface area contributed by atoms with Gasteiger partial charge in [-0.3, -0.25) is 13.9 Å². The smallest absolute Gasteiger partial charge is 0.243 e. The van der Waals surface area contributed by atoms with E-state index in [4.69, 9.17) is 0 Å². The molecule has 0 spiro atoms. The second-order valence-corrected chi connectivity index (χ2v) is 11.9. The molecule has 220 valence electrons. The Labute approximate surface area is 241 Å². The van der Waals surface area contributed by atoms with E-state index >= 15 is 0 Å². The number of para-hydroxylation sites is 1. The standard InChI is InChI=1S/C31H37F2N3O4S/c1-4-23(2)34-31(38)29(21-24-13-6-5-7-14-24)35(22-25-15-8-9-16-26(25)32)30(37)19-12-20-36(41(3,39)40)28-18-11-10-17-27(28)33/h5-11,13-18,23,29H,4,12,19-22H2,1-3H3,(H,34,38). The maximum absolute atomic E-state index is 14.7. The van der Waals surface area contributed by atoms with Crippen LogP contribution >= 0.6 is 0 Å². The minimum absolute atomic E-state index is 0.0546. The van der Waals surface area contributed by atoms with Gasteiger partial charge in [0.2, 0.25) is 21.8 Å². The Morgan fingerprint density at radius 3 is 2.12 bits per heavy atom. The summed E-state index contributed by atoms with van der Waals surface area (Å²) in [5, 5.41) is 2.95. The molecule has 0 saturated heterocycles. The third-order valence-corrected chi connectivity index (χ3v) is 8.02. The zero-order valence-corrected chi connectivity index (χ0v) is 24.4. The number of amides is 2. The van der Waals surface area contributed by atoms with Gasteiger partial charge in [-0.1, -0.05) is 67.6 Å². The lowest BCUT2D eigenvalue weighted by molar-refractivity contribution is -0.141. The molecular formula is C31H37F2N3O4S. The second kappa shape index (κ2) is 14.7. The van der Waals surface area contributed by atoms with Gasteiger partial charge in [-0.05, 0) is 43.5 Å². The SMILES string of the molecule is CCC(C)NC(=O)C(Cc1ccccc1)N(Cc1ccccc1F)C(=O)CCCN(c1ccccc1F)S(C)(=O)=O. The van der Waals surface area contributed by atoms with Crippen LogP contribution in [0.1, 0.15) is 44.2 Å². The van der Waals surface area contributed by atoms with Crippen LogP contribution in [0.5, 0.6) is 0 Å². The molecule has 0 radical (unpaired) electrons. The maximum atomic E-state index is 14.7. The molecule has 1 N–H and O–H groups in total. The molecule has 10 heteroatoms. The molecule has 3 rings (SSSR count). The van der Waals surface area contributed by atoms with E-state index in [0.29, 0.717) is 6.42 Å². The van der Waals surface area contributed by atoms with Crippen LogP contribution in [0.15, 0.2) is 78.9 Å². The van der Waals surface area contributed by atoms with Crippen LogP contribution in [0.4, 0.5) is 14.5 Å². The number of nitrogens with zero attached hydrogens (tertiary/aromatic N) is 2. The minimum Gasteiger partial charge on any atom is -0.352 e.